The number of benzene rings is 1. The van der Waals surface area contributed by atoms with Gasteiger partial charge in [-0.2, -0.15) is 0 Å². The molecule has 0 spiro atoms. The predicted octanol–water partition coefficient (Wildman–Crippen LogP) is 3.00. The molecule has 1 atom stereocenters. The number of methoxy groups -OCH3 is 1. The summed E-state index contributed by atoms with van der Waals surface area (Å²) in [6.07, 6.45) is 0.415. The van der Waals surface area contributed by atoms with E-state index in [1.165, 1.54) is 19.2 Å². The molecule has 1 aromatic rings. The Hall–Kier alpha value is -1.13. The number of rotatable bonds is 2. The lowest BCUT2D eigenvalue weighted by atomic mass is 9.77. The minimum atomic E-state index is -1.22. The fraction of sp³-hybridized carbons (Fsp3) is 0.600. The average molecular weight is 268 g/mol. The Morgan fingerprint density at radius 2 is 1.89 bits per heavy atom. The van der Waals surface area contributed by atoms with Crippen LogP contribution in [0.3, 0.4) is 0 Å². The summed E-state index contributed by atoms with van der Waals surface area (Å²) in [5, 5.41) is 11.0. The van der Waals surface area contributed by atoms with Crippen LogP contribution in [-0.4, -0.2) is 23.4 Å². The van der Waals surface area contributed by atoms with Crippen molar-refractivity contribution >= 4 is 0 Å². The fourth-order valence-corrected chi connectivity index (χ4v) is 3.01. The van der Waals surface area contributed by atoms with Gasteiger partial charge in [0.1, 0.15) is 5.60 Å². The van der Waals surface area contributed by atoms with Crippen LogP contribution in [0.2, 0.25) is 0 Å². The molecule has 1 heterocycles. The van der Waals surface area contributed by atoms with Crippen molar-refractivity contribution in [3.8, 4) is 5.75 Å². The molecule has 3 nitrogen and oxygen atoms in total. The molecule has 0 radical (unpaired) electrons. The maximum Gasteiger partial charge on any atom is 0.165 e. The van der Waals surface area contributed by atoms with E-state index in [0.717, 1.165) is 0 Å². The molecule has 0 aromatic heterocycles. The summed E-state index contributed by atoms with van der Waals surface area (Å²) >= 11 is 0. The Morgan fingerprint density at radius 1 is 1.26 bits per heavy atom. The molecule has 1 saturated heterocycles. The van der Waals surface area contributed by atoms with Crippen LogP contribution in [-0.2, 0) is 10.3 Å². The third-order valence-corrected chi connectivity index (χ3v) is 3.84. The Balaban J connectivity index is 2.48. The number of hydrogen-bond acceptors (Lipinski definition) is 3. The molecule has 0 saturated carbocycles. The summed E-state index contributed by atoms with van der Waals surface area (Å²) in [7, 11) is 1.42. The Morgan fingerprint density at radius 3 is 2.32 bits per heavy atom. The second-order valence-electron chi connectivity index (χ2n) is 6.26. The Labute approximate surface area is 113 Å². The van der Waals surface area contributed by atoms with E-state index in [1.54, 1.807) is 6.07 Å². The van der Waals surface area contributed by atoms with Gasteiger partial charge < -0.3 is 14.6 Å². The Bertz CT molecular complexity index is 496. The van der Waals surface area contributed by atoms with Gasteiger partial charge in [0, 0.05) is 6.42 Å². The van der Waals surface area contributed by atoms with Gasteiger partial charge in [-0.05, 0) is 45.4 Å². The molecular weight excluding hydrogens is 247 g/mol. The second kappa shape index (κ2) is 4.18. The maximum absolute atomic E-state index is 13.8. The van der Waals surface area contributed by atoms with Crippen LogP contribution in [0.1, 0.15) is 39.7 Å². The minimum Gasteiger partial charge on any atom is -0.494 e. The zero-order chi connectivity index (χ0) is 14.5. The van der Waals surface area contributed by atoms with E-state index in [2.05, 4.69) is 0 Å². The summed E-state index contributed by atoms with van der Waals surface area (Å²) in [6.45, 7) is 7.49. The summed E-state index contributed by atoms with van der Waals surface area (Å²) in [4.78, 5) is 0. The van der Waals surface area contributed by atoms with Crippen LogP contribution < -0.4 is 4.74 Å². The molecule has 106 valence electrons. The average Bonchev–Trinajstić information content (AvgIpc) is 2.43. The van der Waals surface area contributed by atoms with Gasteiger partial charge in [-0.3, -0.25) is 0 Å². The predicted molar refractivity (Wildman–Crippen MR) is 70.7 cm³/mol. The molecule has 1 fully saturated rings. The zero-order valence-corrected chi connectivity index (χ0v) is 12.1. The van der Waals surface area contributed by atoms with Gasteiger partial charge in [0.15, 0.2) is 11.6 Å². The number of halogens is 1. The number of ether oxygens (including phenoxy) is 2. The van der Waals surface area contributed by atoms with Crippen molar-refractivity contribution in [2.24, 2.45) is 0 Å². The summed E-state index contributed by atoms with van der Waals surface area (Å²) < 4.78 is 24.6. The van der Waals surface area contributed by atoms with E-state index < -0.39 is 22.6 Å². The molecule has 19 heavy (non-hydrogen) atoms. The molecule has 0 aliphatic carbocycles. The van der Waals surface area contributed by atoms with Gasteiger partial charge in [0.25, 0.3) is 0 Å². The van der Waals surface area contributed by atoms with Crippen LogP contribution >= 0.6 is 0 Å². The first-order valence-electron chi connectivity index (χ1n) is 6.38. The first kappa shape index (κ1) is 14.3. The standard InChI is InChI=1S/C15H21FO3/c1-13(2)9-15(17,14(3,4)19-13)10-6-7-12(18-5)11(16)8-10/h6-8,17H,9H2,1-5H3. The first-order chi connectivity index (χ1) is 8.61. The molecule has 1 aliphatic rings. The first-order valence-corrected chi connectivity index (χ1v) is 6.38. The highest BCUT2D eigenvalue weighted by Gasteiger charge is 2.57. The van der Waals surface area contributed by atoms with Gasteiger partial charge in [0.2, 0.25) is 0 Å². The fourth-order valence-electron chi connectivity index (χ4n) is 3.01. The summed E-state index contributed by atoms with van der Waals surface area (Å²) in [6, 6.07) is 4.55. The number of aliphatic hydroxyl groups is 1. The topological polar surface area (TPSA) is 38.7 Å². The highest BCUT2D eigenvalue weighted by atomic mass is 19.1. The second-order valence-corrected chi connectivity index (χ2v) is 6.26. The zero-order valence-electron chi connectivity index (χ0n) is 12.1. The number of hydrogen-bond donors (Lipinski definition) is 1. The third-order valence-electron chi connectivity index (χ3n) is 3.84. The van der Waals surface area contributed by atoms with E-state index in [4.69, 9.17) is 9.47 Å². The van der Waals surface area contributed by atoms with E-state index in [-0.39, 0.29) is 5.75 Å². The molecule has 1 N–H and O–H groups in total. The van der Waals surface area contributed by atoms with Crippen molar-refractivity contribution in [2.75, 3.05) is 7.11 Å². The van der Waals surface area contributed by atoms with Crippen LogP contribution in [0, 0.1) is 5.82 Å². The van der Waals surface area contributed by atoms with E-state index >= 15 is 0 Å². The summed E-state index contributed by atoms with van der Waals surface area (Å²) in [5.74, 6) is -0.308. The largest absolute Gasteiger partial charge is 0.494 e. The lowest BCUT2D eigenvalue weighted by Crippen LogP contribution is -2.43. The molecule has 1 aliphatic heterocycles. The maximum atomic E-state index is 13.8. The van der Waals surface area contributed by atoms with Crippen molar-refractivity contribution in [1.82, 2.24) is 0 Å². The van der Waals surface area contributed by atoms with Crippen LogP contribution in [0.4, 0.5) is 4.39 Å². The van der Waals surface area contributed by atoms with Gasteiger partial charge in [-0.15, -0.1) is 0 Å². The van der Waals surface area contributed by atoms with Gasteiger partial charge in [0.05, 0.1) is 18.3 Å². The van der Waals surface area contributed by atoms with Gasteiger partial charge >= 0.3 is 0 Å². The van der Waals surface area contributed by atoms with Crippen molar-refractivity contribution in [2.45, 2.75) is 50.9 Å². The molecular formula is C15H21FO3. The van der Waals surface area contributed by atoms with Crippen molar-refractivity contribution in [3.05, 3.63) is 29.6 Å². The molecule has 2 rings (SSSR count). The molecule has 0 amide bonds. The van der Waals surface area contributed by atoms with Gasteiger partial charge in [-0.1, -0.05) is 6.07 Å². The molecule has 1 unspecified atom stereocenters. The highest BCUT2D eigenvalue weighted by molar-refractivity contribution is 5.35. The highest BCUT2D eigenvalue weighted by Crippen LogP contribution is 2.51. The SMILES string of the molecule is COc1ccc(C2(O)CC(C)(C)OC2(C)C)cc1F. The van der Waals surface area contributed by atoms with E-state index in [9.17, 15) is 9.50 Å². The monoisotopic (exact) mass is 268 g/mol. The van der Waals surface area contributed by atoms with E-state index in [1.807, 2.05) is 27.7 Å². The lowest BCUT2D eigenvalue weighted by molar-refractivity contribution is -0.129. The smallest absolute Gasteiger partial charge is 0.165 e. The minimum absolute atomic E-state index is 0.170. The molecule has 1 aromatic carbocycles. The van der Waals surface area contributed by atoms with Crippen molar-refractivity contribution in [1.29, 1.82) is 0 Å². The van der Waals surface area contributed by atoms with Crippen LogP contribution in [0.15, 0.2) is 18.2 Å². The quantitative estimate of drug-likeness (QED) is 0.896. The molecule has 0 bridgehead atoms. The Kier molecular flexibility index (Phi) is 3.14. The van der Waals surface area contributed by atoms with Crippen molar-refractivity contribution < 1.29 is 19.0 Å². The van der Waals surface area contributed by atoms with Crippen LogP contribution in [0.5, 0.6) is 5.75 Å². The van der Waals surface area contributed by atoms with Crippen molar-refractivity contribution in [3.63, 3.8) is 0 Å². The lowest BCUT2D eigenvalue weighted by Gasteiger charge is -2.35. The third kappa shape index (κ3) is 2.23. The normalized spacial score (nSPS) is 28.4. The van der Waals surface area contributed by atoms with E-state index in [0.29, 0.717) is 12.0 Å². The van der Waals surface area contributed by atoms with Crippen LogP contribution in [0.25, 0.3) is 0 Å². The molecule has 4 heteroatoms. The van der Waals surface area contributed by atoms with Gasteiger partial charge in [-0.25, -0.2) is 4.39 Å². The summed E-state index contributed by atoms with van der Waals surface area (Å²) in [5.41, 5.74) is -1.93.